The van der Waals surface area contributed by atoms with E-state index in [9.17, 15) is 14.7 Å². The Labute approximate surface area is 193 Å². The monoisotopic (exact) mass is 455 g/mol. The van der Waals surface area contributed by atoms with E-state index in [0.717, 1.165) is 0 Å². The van der Waals surface area contributed by atoms with Crippen LogP contribution < -0.4 is 14.2 Å². The molecule has 0 aliphatic carbocycles. The van der Waals surface area contributed by atoms with E-state index >= 15 is 0 Å². The van der Waals surface area contributed by atoms with Gasteiger partial charge in [0.1, 0.15) is 11.5 Å². The smallest absolute Gasteiger partial charge is 0.295 e. The SMILES string of the molecule is CCOc1cccc(C(O)=C2C(=O)C(=O)N(CCCOC)C2c2ccc(OC)c(OC)c2)c1. The van der Waals surface area contributed by atoms with Gasteiger partial charge in [-0.3, -0.25) is 9.59 Å². The Kier molecular flexibility index (Phi) is 7.95. The molecule has 1 heterocycles. The summed E-state index contributed by atoms with van der Waals surface area (Å²) in [5.41, 5.74) is 1.02. The van der Waals surface area contributed by atoms with Crippen molar-refractivity contribution in [1.29, 1.82) is 0 Å². The molecule has 1 aliphatic heterocycles. The number of benzene rings is 2. The number of aliphatic hydroxyl groups excluding tert-OH is 1. The van der Waals surface area contributed by atoms with E-state index in [1.807, 2.05) is 6.92 Å². The number of amides is 1. The number of carbonyl (C=O) groups is 2. The lowest BCUT2D eigenvalue weighted by molar-refractivity contribution is -0.140. The molecule has 2 aromatic rings. The normalized spacial score (nSPS) is 17.3. The van der Waals surface area contributed by atoms with Gasteiger partial charge in [0.15, 0.2) is 11.5 Å². The number of aliphatic hydroxyl groups is 1. The zero-order valence-corrected chi connectivity index (χ0v) is 19.3. The summed E-state index contributed by atoms with van der Waals surface area (Å²) in [7, 11) is 4.61. The number of rotatable bonds is 10. The number of hydrogen-bond acceptors (Lipinski definition) is 7. The molecule has 0 radical (unpaired) electrons. The van der Waals surface area contributed by atoms with Crippen LogP contribution >= 0.6 is 0 Å². The zero-order chi connectivity index (χ0) is 24.0. The quantitative estimate of drug-likeness (QED) is 0.253. The Bertz CT molecular complexity index is 1050. The fraction of sp³-hybridized carbons (Fsp3) is 0.360. The highest BCUT2D eigenvalue weighted by Gasteiger charge is 2.46. The van der Waals surface area contributed by atoms with Crippen molar-refractivity contribution in [3.8, 4) is 17.2 Å². The van der Waals surface area contributed by atoms with E-state index in [1.54, 1.807) is 49.6 Å². The van der Waals surface area contributed by atoms with Crippen molar-refractivity contribution in [3.63, 3.8) is 0 Å². The van der Waals surface area contributed by atoms with Gasteiger partial charge in [0.2, 0.25) is 0 Å². The highest BCUT2D eigenvalue weighted by atomic mass is 16.5. The first-order valence-corrected chi connectivity index (χ1v) is 10.7. The Morgan fingerprint density at radius 2 is 1.79 bits per heavy atom. The molecule has 8 heteroatoms. The third-order valence-electron chi connectivity index (χ3n) is 5.43. The molecule has 1 N–H and O–H groups in total. The molecular weight excluding hydrogens is 426 g/mol. The van der Waals surface area contributed by atoms with E-state index in [2.05, 4.69) is 0 Å². The van der Waals surface area contributed by atoms with Crippen molar-refractivity contribution in [3.05, 3.63) is 59.2 Å². The molecule has 0 saturated carbocycles. The predicted molar refractivity (Wildman–Crippen MR) is 123 cm³/mol. The standard InChI is InChI=1S/C25H29NO7/c1-5-33-18-9-6-8-17(14-18)23(27)21-22(16-10-11-19(31-3)20(15-16)32-4)26(12-7-13-30-2)25(29)24(21)28/h6,8-11,14-15,22,27H,5,7,12-13H2,1-4H3. The van der Waals surface area contributed by atoms with Crippen molar-refractivity contribution >= 4 is 17.4 Å². The number of ketones is 1. The summed E-state index contributed by atoms with van der Waals surface area (Å²) in [6.45, 7) is 3.03. The number of carbonyl (C=O) groups excluding carboxylic acids is 2. The molecule has 0 spiro atoms. The number of Topliss-reactive ketones (excluding diaryl/α,β-unsaturated/α-hetero) is 1. The third kappa shape index (κ3) is 4.96. The first-order valence-electron chi connectivity index (χ1n) is 10.7. The molecule has 33 heavy (non-hydrogen) atoms. The van der Waals surface area contributed by atoms with Crippen LogP contribution in [0, 0.1) is 0 Å². The number of ether oxygens (including phenoxy) is 4. The largest absolute Gasteiger partial charge is 0.507 e. The summed E-state index contributed by atoms with van der Waals surface area (Å²) in [4.78, 5) is 27.6. The van der Waals surface area contributed by atoms with Crippen molar-refractivity contribution in [2.75, 3.05) is 41.1 Å². The van der Waals surface area contributed by atoms with Gasteiger partial charge in [0.05, 0.1) is 32.4 Å². The van der Waals surface area contributed by atoms with Crippen LogP contribution in [0.5, 0.6) is 17.2 Å². The van der Waals surface area contributed by atoms with Crippen LogP contribution in [0.2, 0.25) is 0 Å². The van der Waals surface area contributed by atoms with E-state index in [4.69, 9.17) is 18.9 Å². The van der Waals surface area contributed by atoms with Crippen LogP contribution in [0.3, 0.4) is 0 Å². The lowest BCUT2D eigenvalue weighted by Crippen LogP contribution is -2.31. The van der Waals surface area contributed by atoms with E-state index < -0.39 is 17.7 Å². The third-order valence-corrected chi connectivity index (χ3v) is 5.43. The van der Waals surface area contributed by atoms with E-state index in [-0.39, 0.29) is 17.9 Å². The first-order chi connectivity index (χ1) is 16.0. The van der Waals surface area contributed by atoms with Gasteiger partial charge in [-0.25, -0.2) is 0 Å². The Morgan fingerprint density at radius 1 is 1.03 bits per heavy atom. The molecule has 0 aromatic heterocycles. The van der Waals surface area contributed by atoms with Crippen LogP contribution in [0.25, 0.3) is 5.76 Å². The van der Waals surface area contributed by atoms with Gasteiger partial charge >= 0.3 is 0 Å². The molecule has 1 aliphatic rings. The lowest BCUT2D eigenvalue weighted by atomic mass is 9.95. The average molecular weight is 456 g/mol. The van der Waals surface area contributed by atoms with Crippen molar-refractivity contribution < 1.29 is 33.6 Å². The summed E-state index contributed by atoms with van der Waals surface area (Å²) >= 11 is 0. The van der Waals surface area contributed by atoms with Crippen LogP contribution in [0.1, 0.15) is 30.5 Å². The van der Waals surface area contributed by atoms with Gasteiger partial charge in [-0.2, -0.15) is 0 Å². The highest BCUT2D eigenvalue weighted by molar-refractivity contribution is 6.46. The maximum atomic E-state index is 13.1. The van der Waals surface area contributed by atoms with Crippen molar-refractivity contribution in [1.82, 2.24) is 4.90 Å². The summed E-state index contributed by atoms with van der Waals surface area (Å²) in [6, 6.07) is 11.2. The predicted octanol–water partition coefficient (Wildman–Crippen LogP) is 3.56. The number of nitrogens with zero attached hydrogens (tertiary/aromatic N) is 1. The second-order valence-corrected chi connectivity index (χ2v) is 7.41. The molecule has 8 nitrogen and oxygen atoms in total. The highest BCUT2D eigenvalue weighted by Crippen LogP contribution is 2.42. The fourth-order valence-electron chi connectivity index (χ4n) is 3.91. The zero-order valence-electron chi connectivity index (χ0n) is 19.3. The second-order valence-electron chi connectivity index (χ2n) is 7.41. The Morgan fingerprint density at radius 3 is 2.45 bits per heavy atom. The average Bonchev–Trinajstić information content (AvgIpc) is 3.08. The molecule has 1 unspecified atom stereocenters. The molecule has 0 bridgehead atoms. The van der Waals surface area contributed by atoms with Gasteiger partial charge in [-0.15, -0.1) is 0 Å². The molecule has 2 aromatic carbocycles. The minimum absolute atomic E-state index is 0.0123. The summed E-state index contributed by atoms with van der Waals surface area (Å²) < 4.78 is 21.4. The van der Waals surface area contributed by atoms with Gasteiger partial charge in [0, 0.05) is 25.8 Å². The van der Waals surface area contributed by atoms with Crippen molar-refractivity contribution in [2.24, 2.45) is 0 Å². The van der Waals surface area contributed by atoms with Crippen LogP contribution in [-0.2, 0) is 14.3 Å². The first kappa shape index (κ1) is 24.1. The number of methoxy groups -OCH3 is 3. The second kappa shape index (κ2) is 10.9. The van der Waals surface area contributed by atoms with Crippen LogP contribution in [0.4, 0.5) is 0 Å². The van der Waals surface area contributed by atoms with Crippen LogP contribution in [-0.4, -0.2) is 62.8 Å². The Balaban J connectivity index is 2.15. The maximum Gasteiger partial charge on any atom is 0.295 e. The van der Waals surface area contributed by atoms with Gasteiger partial charge in [-0.1, -0.05) is 18.2 Å². The minimum Gasteiger partial charge on any atom is -0.507 e. The molecule has 1 amide bonds. The van der Waals surface area contributed by atoms with Gasteiger partial charge in [-0.05, 0) is 43.2 Å². The number of hydrogen-bond donors (Lipinski definition) is 1. The molecular formula is C25H29NO7. The van der Waals surface area contributed by atoms with Gasteiger partial charge in [0.25, 0.3) is 11.7 Å². The Hall–Kier alpha value is -3.52. The van der Waals surface area contributed by atoms with Gasteiger partial charge < -0.3 is 29.0 Å². The van der Waals surface area contributed by atoms with E-state index in [1.165, 1.54) is 19.1 Å². The summed E-state index contributed by atoms with van der Waals surface area (Å²) in [5, 5.41) is 11.2. The summed E-state index contributed by atoms with van der Waals surface area (Å²) in [5.74, 6) is -0.153. The van der Waals surface area contributed by atoms with Crippen molar-refractivity contribution in [2.45, 2.75) is 19.4 Å². The molecule has 1 fully saturated rings. The summed E-state index contributed by atoms with van der Waals surface area (Å²) in [6.07, 6.45) is 0.535. The molecule has 176 valence electrons. The lowest BCUT2D eigenvalue weighted by Gasteiger charge is -2.26. The molecule has 3 rings (SSSR count). The minimum atomic E-state index is -0.794. The maximum absolute atomic E-state index is 13.1. The molecule has 1 atom stereocenters. The fourth-order valence-corrected chi connectivity index (χ4v) is 3.91. The van der Waals surface area contributed by atoms with Crippen LogP contribution in [0.15, 0.2) is 48.0 Å². The topological polar surface area (TPSA) is 94.5 Å². The van der Waals surface area contributed by atoms with E-state index in [0.29, 0.717) is 48.0 Å². The number of likely N-dealkylation sites (tertiary alicyclic amines) is 1. The molecule has 1 saturated heterocycles.